The van der Waals surface area contributed by atoms with Gasteiger partial charge in [-0.2, -0.15) is 0 Å². The molecule has 2 aromatic rings. The number of thiocarbonyl (C=S) groups is 1. The van der Waals surface area contributed by atoms with Crippen LogP contribution in [0.2, 0.25) is 0 Å². The molecule has 3 nitrogen and oxygen atoms in total. The molecule has 104 valence electrons. The molecule has 0 saturated carbocycles. The van der Waals surface area contributed by atoms with Gasteiger partial charge in [0.25, 0.3) is 0 Å². The molecule has 0 aliphatic rings. The van der Waals surface area contributed by atoms with Gasteiger partial charge in [-0.3, -0.25) is 0 Å². The fourth-order valence-corrected chi connectivity index (χ4v) is 2.32. The second kappa shape index (κ2) is 6.83. The molecule has 0 atom stereocenters. The van der Waals surface area contributed by atoms with E-state index in [0.29, 0.717) is 17.3 Å². The highest BCUT2D eigenvalue weighted by Crippen LogP contribution is 2.30. The lowest BCUT2D eigenvalue weighted by Gasteiger charge is -2.10. The summed E-state index contributed by atoms with van der Waals surface area (Å²) in [5.74, 6) is 1.46. The SMILES string of the molecule is COCc1cccc(Oc2ccc(C(N)=S)cc2Br)c1. The van der Waals surface area contributed by atoms with Gasteiger partial charge < -0.3 is 15.2 Å². The van der Waals surface area contributed by atoms with E-state index in [0.717, 1.165) is 21.3 Å². The fourth-order valence-electron chi connectivity index (χ4n) is 1.73. The molecule has 2 N–H and O–H groups in total. The number of hydrogen-bond acceptors (Lipinski definition) is 3. The van der Waals surface area contributed by atoms with Gasteiger partial charge in [-0.05, 0) is 51.8 Å². The number of nitrogens with two attached hydrogens (primary N) is 1. The minimum absolute atomic E-state index is 0.361. The summed E-state index contributed by atoms with van der Waals surface area (Å²) < 4.78 is 11.8. The fraction of sp³-hybridized carbons (Fsp3) is 0.133. The molecule has 2 aromatic carbocycles. The number of benzene rings is 2. The van der Waals surface area contributed by atoms with Crippen molar-refractivity contribution < 1.29 is 9.47 Å². The Morgan fingerprint density at radius 3 is 2.70 bits per heavy atom. The summed E-state index contributed by atoms with van der Waals surface area (Å²) in [4.78, 5) is 0.361. The first-order chi connectivity index (χ1) is 9.60. The van der Waals surface area contributed by atoms with E-state index in [1.165, 1.54) is 0 Å². The summed E-state index contributed by atoms with van der Waals surface area (Å²) in [6.07, 6.45) is 0. The van der Waals surface area contributed by atoms with E-state index in [1.807, 2.05) is 42.5 Å². The molecule has 0 saturated heterocycles. The third-order valence-corrected chi connectivity index (χ3v) is 3.51. The molecule has 0 fully saturated rings. The highest BCUT2D eigenvalue weighted by atomic mass is 79.9. The number of ether oxygens (including phenoxy) is 2. The van der Waals surface area contributed by atoms with Gasteiger partial charge in [-0.15, -0.1) is 0 Å². The third kappa shape index (κ3) is 3.79. The summed E-state index contributed by atoms with van der Waals surface area (Å²) in [5.41, 5.74) is 7.45. The minimum atomic E-state index is 0.361. The first kappa shape index (κ1) is 15.0. The predicted octanol–water partition coefficient (Wildman–Crippen LogP) is 4.02. The molecule has 20 heavy (non-hydrogen) atoms. The molecule has 0 aliphatic carbocycles. The molecule has 5 heteroatoms. The van der Waals surface area contributed by atoms with Crippen molar-refractivity contribution in [2.24, 2.45) is 5.73 Å². The van der Waals surface area contributed by atoms with E-state index >= 15 is 0 Å². The highest BCUT2D eigenvalue weighted by molar-refractivity contribution is 9.10. The first-order valence-corrected chi connectivity index (χ1v) is 7.15. The summed E-state index contributed by atoms with van der Waals surface area (Å²) in [6.45, 7) is 0.554. The standard InChI is InChI=1S/C15H14BrNO2S/c1-18-9-10-3-2-4-12(7-10)19-14-6-5-11(15(17)20)8-13(14)16/h2-8H,9H2,1H3,(H2,17,20). The molecule has 0 radical (unpaired) electrons. The highest BCUT2D eigenvalue weighted by Gasteiger charge is 2.06. The Hall–Kier alpha value is -1.43. The van der Waals surface area contributed by atoms with Crippen LogP contribution in [-0.2, 0) is 11.3 Å². The van der Waals surface area contributed by atoms with E-state index in [2.05, 4.69) is 15.9 Å². The Kier molecular flexibility index (Phi) is 5.11. The maximum absolute atomic E-state index is 5.84. The molecule has 0 aromatic heterocycles. The van der Waals surface area contributed by atoms with Gasteiger partial charge in [0.05, 0.1) is 11.1 Å². The van der Waals surface area contributed by atoms with E-state index in [9.17, 15) is 0 Å². The molecule has 2 rings (SSSR count). The molecule has 0 bridgehead atoms. The maximum Gasteiger partial charge on any atom is 0.141 e. The predicted molar refractivity (Wildman–Crippen MR) is 87.3 cm³/mol. The largest absolute Gasteiger partial charge is 0.456 e. The lowest BCUT2D eigenvalue weighted by atomic mass is 10.2. The van der Waals surface area contributed by atoms with E-state index in [-0.39, 0.29) is 0 Å². The molecule has 0 aliphatic heterocycles. The van der Waals surface area contributed by atoms with Crippen molar-refractivity contribution in [1.82, 2.24) is 0 Å². The summed E-state index contributed by atoms with van der Waals surface area (Å²) in [6, 6.07) is 13.3. The summed E-state index contributed by atoms with van der Waals surface area (Å²) in [7, 11) is 1.67. The zero-order chi connectivity index (χ0) is 14.5. The van der Waals surface area contributed by atoms with Gasteiger partial charge in [-0.1, -0.05) is 24.4 Å². The van der Waals surface area contributed by atoms with Gasteiger partial charge in [-0.25, -0.2) is 0 Å². The average Bonchev–Trinajstić information content (AvgIpc) is 2.42. The smallest absolute Gasteiger partial charge is 0.141 e. The van der Waals surface area contributed by atoms with Crippen molar-refractivity contribution in [1.29, 1.82) is 0 Å². The van der Waals surface area contributed by atoms with Crippen molar-refractivity contribution in [3.05, 3.63) is 58.1 Å². The molecule has 0 amide bonds. The van der Waals surface area contributed by atoms with Crippen LogP contribution < -0.4 is 10.5 Å². The lowest BCUT2D eigenvalue weighted by Crippen LogP contribution is -2.09. The second-order valence-corrected chi connectivity index (χ2v) is 5.49. The van der Waals surface area contributed by atoms with E-state index in [4.69, 9.17) is 27.4 Å². The topological polar surface area (TPSA) is 44.5 Å². The van der Waals surface area contributed by atoms with Crippen molar-refractivity contribution in [3.8, 4) is 11.5 Å². The van der Waals surface area contributed by atoms with Crippen molar-refractivity contribution in [2.75, 3.05) is 7.11 Å². The van der Waals surface area contributed by atoms with Gasteiger partial charge >= 0.3 is 0 Å². The Labute approximate surface area is 131 Å². The number of halogens is 1. The quantitative estimate of drug-likeness (QED) is 0.826. The van der Waals surface area contributed by atoms with Crippen LogP contribution in [0, 0.1) is 0 Å². The molecule has 0 spiro atoms. The van der Waals surface area contributed by atoms with Gasteiger partial charge in [0.15, 0.2) is 0 Å². The monoisotopic (exact) mass is 351 g/mol. The Morgan fingerprint density at radius 2 is 2.05 bits per heavy atom. The van der Waals surface area contributed by atoms with Crippen molar-refractivity contribution in [2.45, 2.75) is 6.61 Å². The Morgan fingerprint density at radius 1 is 1.25 bits per heavy atom. The van der Waals surface area contributed by atoms with Crippen LogP contribution in [-0.4, -0.2) is 12.1 Å². The lowest BCUT2D eigenvalue weighted by molar-refractivity contribution is 0.184. The summed E-state index contributed by atoms with van der Waals surface area (Å²) >= 11 is 8.40. The van der Waals surface area contributed by atoms with Crippen LogP contribution >= 0.6 is 28.1 Å². The van der Waals surface area contributed by atoms with Gasteiger partial charge in [0.1, 0.15) is 16.5 Å². The number of hydrogen-bond donors (Lipinski definition) is 1. The Bertz CT molecular complexity index is 631. The van der Waals surface area contributed by atoms with E-state index < -0.39 is 0 Å². The van der Waals surface area contributed by atoms with Gasteiger partial charge in [0, 0.05) is 12.7 Å². The van der Waals surface area contributed by atoms with Crippen LogP contribution in [0.1, 0.15) is 11.1 Å². The zero-order valence-electron chi connectivity index (χ0n) is 10.9. The molecule has 0 unspecified atom stereocenters. The maximum atomic E-state index is 5.84. The van der Waals surface area contributed by atoms with Crippen LogP contribution in [0.5, 0.6) is 11.5 Å². The molecule has 0 heterocycles. The van der Waals surface area contributed by atoms with Crippen LogP contribution in [0.15, 0.2) is 46.9 Å². The van der Waals surface area contributed by atoms with E-state index in [1.54, 1.807) is 7.11 Å². The van der Waals surface area contributed by atoms with Crippen LogP contribution in [0.3, 0.4) is 0 Å². The van der Waals surface area contributed by atoms with Crippen LogP contribution in [0.25, 0.3) is 0 Å². The van der Waals surface area contributed by atoms with Crippen molar-refractivity contribution >= 4 is 33.1 Å². The third-order valence-electron chi connectivity index (χ3n) is 2.65. The normalized spacial score (nSPS) is 10.3. The number of rotatable bonds is 5. The number of methoxy groups -OCH3 is 1. The molecular formula is C15H14BrNO2S. The second-order valence-electron chi connectivity index (χ2n) is 4.19. The molecular weight excluding hydrogens is 338 g/mol. The summed E-state index contributed by atoms with van der Waals surface area (Å²) in [5, 5.41) is 0. The minimum Gasteiger partial charge on any atom is -0.456 e. The Balaban J connectivity index is 2.21. The average molecular weight is 352 g/mol. The van der Waals surface area contributed by atoms with Gasteiger partial charge in [0.2, 0.25) is 0 Å². The zero-order valence-corrected chi connectivity index (χ0v) is 13.3. The van der Waals surface area contributed by atoms with Crippen molar-refractivity contribution in [3.63, 3.8) is 0 Å². The van der Waals surface area contributed by atoms with Crippen LogP contribution in [0.4, 0.5) is 0 Å². The first-order valence-electron chi connectivity index (χ1n) is 5.95.